The van der Waals surface area contributed by atoms with Crippen molar-refractivity contribution in [1.82, 2.24) is 0 Å². The van der Waals surface area contributed by atoms with Crippen molar-refractivity contribution in [3.05, 3.63) is 34.9 Å². The van der Waals surface area contributed by atoms with E-state index in [0.29, 0.717) is 5.41 Å². The van der Waals surface area contributed by atoms with Crippen molar-refractivity contribution in [2.45, 2.75) is 65.7 Å². The number of hydrogen-bond donors (Lipinski definition) is 0. The highest BCUT2D eigenvalue weighted by molar-refractivity contribution is 5.36. The van der Waals surface area contributed by atoms with Gasteiger partial charge in [0.05, 0.1) is 0 Å². The van der Waals surface area contributed by atoms with E-state index in [1.165, 1.54) is 44.9 Å². The summed E-state index contributed by atoms with van der Waals surface area (Å²) in [6.45, 7) is 7.10. The smallest absolute Gasteiger partial charge is 0.0104 e. The first-order valence-electron chi connectivity index (χ1n) is 7.17. The third-order valence-electron chi connectivity index (χ3n) is 4.33. The van der Waals surface area contributed by atoms with Gasteiger partial charge in [0.25, 0.3) is 0 Å². The van der Waals surface area contributed by atoms with Gasteiger partial charge in [-0.2, -0.15) is 0 Å². The van der Waals surface area contributed by atoms with Crippen molar-refractivity contribution in [2.75, 3.05) is 0 Å². The lowest BCUT2D eigenvalue weighted by Gasteiger charge is -2.33. The molecule has 0 spiro atoms. The fourth-order valence-corrected chi connectivity index (χ4v) is 3.22. The second kappa shape index (κ2) is 5.25. The molecule has 0 aliphatic heterocycles. The van der Waals surface area contributed by atoms with Crippen molar-refractivity contribution in [3.63, 3.8) is 0 Å². The minimum Gasteiger partial charge on any atom is -0.0813 e. The Morgan fingerprint density at radius 1 is 1.06 bits per heavy atom. The summed E-state index contributed by atoms with van der Waals surface area (Å²) in [5, 5.41) is 0. The molecule has 0 amide bonds. The van der Waals surface area contributed by atoms with Crippen LogP contribution in [-0.4, -0.2) is 0 Å². The molecular formula is C17H26. The van der Waals surface area contributed by atoms with Crippen LogP contribution in [0.3, 0.4) is 0 Å². The molecule has 2 rings (SSSR count). The summed E-state index contributed by atoms with van der Waals surface area (Å²) in [7, 11) is 0. The molecule has 0 radical (unpaired) electrons. The Kier molecular flexibility index (Phi) is 3.91. The Balaban J connectivity index is 2.15. The molecule has 0 heterocycles. The van der Waals surface area contributed by atoms with Gasteiger partial charge in [0.2, 0.25) is 0 Å². The van der Waals surface area contributed by atoms with Crippen molar-refractivity contribution in [3.8, 4) is 0 Å². The zero-order valence-corrected chi connectivity index (χ0v) is 11.7. The van der Waals surface area contributed by atoms with Gasteiger partial charge in [-0.05, 0) is 62.9 Å². The van der Waals surface area contributed by atoms with E-state index >= 15 is 0 Å². The molecule has 94 valence electrons. The lowest BCUT2D eigenvalue weighted by atomic mass is 9.72. The predicted octanol–water partition coefficient (Wildman–Crippen LogP) is 5.57. The predicted molar refractivity (Wildman–Crippen MR) is 76.0 cm³/mol. The second-order valence-corrected chi connectivity index (χ2v) is 6.29. The molecule has 0 unspecified atom stereocenters. The summed E-state index contributed by atoms with van der Waals surface area (Å²) in [5.74, 6) is 0. The van der Waals surface area contributed by atoms with Crippen molar-refractivity contribution < 1.29 is 0 Å². The maximum atomic E-state index is 2.42. The number of hydrogen-bond acceptors (Lipinski definition) is 0. The molecule has 0 saturated heterocycles. The monoisotopic (exact) mass is 230 g/mol. The molecule has 0 nitrogen and oxygen atoms in total. The van der Waals surface area contributed by atoms with Crippen molar-refractivity contribution >= 4 is 0 Å². The topological polar surface area (TPSA) is 0 Å². The molecule has 2 aliphatic carbocycles. The third kappa shape index (κ3) is 3.12. The van der Waals surface area contributed by atoms with Gasteiger partial charge in [-0.3, -0.25) is 0 Å². The largest absolute Gasteiger partial charge is 0.0813 e. The normalized spacial score (nSPS) is 25.2. The molecule has 0 aromatic carbocycles. The van der Waals surface area contributed by atoms with Gasteiger partial charge < -0.3 is 0 Å². The van der Waals surface area contributed by atoms with Gasteiger partial charge in [-0.25, -0.2) is 0 Å². The van der Waals surface area contributed by atoms with E-state index in [9.17, 15) is 0 Å². The highest BCUT2D eigenvalue weighted by Gasteiger charge is 2.26. The van der Waals surface area contributed by atoms with Crippen LogP contribution in [0.25, 0.3) is 0 Å². The van der Waals surface area contributed by atoms with Gasteiger partial charge >= 0.3 is 0 Å². The third-order valence-corrected chi connectivity index (χ3v) is 4.33. The summed E-state index contributed by atoms with van der Waals surface area (Å²) in [6.07, 6.45) is 16.5. The summed E-state index contributed by atoms with van der Waals surface area (Å²) in [6, 6.07) is 0. The zero-order chi connectivity index (χ0) is 12.3. The molecule has 17 heavy (non-hydrogen) atoms. The second-order valence-electron chi connectivity index (χ2n) is 6.29. The van der Waals surface area contributed by atoms with Gasteiger partial charge in [-0.1, -0.05) is 43.2 Å². The molecule has 0 bridgehead atoms. The lowest BCUT2D eigenvalue weighted by Crippen LogP contribution is -2.19. The van der Waals surface area contributed by atoms with Crippen LogP contribution < -0.4 is 0 Å². The van der Waals surface area contributed by atoms with Gasteiger partial charge in [0.15, 0.2) is 0 Å². The molecule has 0 aromatic heterocycles. The summed E-state index contributed by atoms with van der Waals surface area (Å²) < 4.78 is 0. The summed E-state index contributed by atoms with van der Waals surface area (Å²) in [5.41, 5.74) is 5.13. The van der Waals surface area contributed by atoms with E-state index in [-0.39, 0.29) is 0 Å². The molecule has 0 heteroatoms. The van der Waals surface area contributed by atoms with E-state index in [1.54, 1.807) is 16.7 Å². The maximum absolute atomic E-state index is 2.42. The minimum absolute atomic E-state index is 0.383. The standard InChI is InChI=1S/C17H26/c1-14-8-7-13-17(2,3)16(14)12-11-15-9-5-4-6-10-15/h9,11-12H,4-8,10,13H2,1-3H3. The van der Waals surface area contributed by atoms with Gasteiger partial charge in [-0.15, -0.1) is 0 Å². The van der Waals surface area contributed by atoms with E-state index < -0.39 is 0 Å². The van der Waals surface area contributed by atoms with Crippen LogP contribution in [0.1, 0.15) is 65.7 Å². The Labute approximate surface area is 106 Å². The molecule has 2 aliphatic rings. The Morgan fingerprint density at radius 2 is 1.88 bits per heavy atom. The first-order chi connectivity index (χ1) is 8.09. The maximum Gasteiger partial charge on any atom is -0.0104 e. The lowest BCUT2D eigenvalue weighted by molar-refractivity contribution is 0.377. The molecule has 0 saturated carbocycles. The zero-order valence-electron chi connectivity index (χ0n) is 11.7. The van der Waals surface area contributed by atoms with Gasteiger partial charge in [0, 0.05) is 0 Å². The Morgan fingerprint density at radius 3 is 2.53 bits per heavy atom. The van der Waals surface area contributed by atoms with Crippen LogP contribution in [0.15, 0.2) is 34.9 Å². The summed E-state index contributed by atoms with van der Waals surface area (Å²) >= 11 is 0. The average Bonchev–Trinajstić information content (AvgIpc) is 2.29. The van der Waals surface area contributed by atoms with Crippen LogP contribution in [0.2, 0.25) is 0 Å². The Hall–Kier alpha value is -0.780. The highest BCUT2D eigenvalue weighted by Crippen LogP contribution is 2.40. The fourth-order valence-electron chi connectivity index (χ4n) is 3.22. The summed E-state index contributed by atoms with van der Waals surface area (Å²) in [4.78, 5) is 0. The Bertz CT molecular complexity index is 363. The van der Waals surface area contributed by atoms with Crippen LogP contribution in [0.5, 0.6) is 0 Å². The van der Waals surface area contributed by atoms with E-state index in [0.717, 1.165) is 0 Å². The van der Waals surface area contributed by atoms with E-state index in [2.05, 4.69) is 39.0 Å². The molecule has 0 N–H and O–H groups in total. The number of rotatable bonds is 2. The van der Waals surface area contributed by atoms with Crippen LogP contribution in [-0.2, 0) is 0 Å². The van der Waals surface area contributed by atoms with E-state index in [1.807, 2.05) is 0 Å². The van der Waals surface area contributed by atoms with Crippen LogP contribution in [0.4, 0.5) is 0 Å². The van der Waals surface area contributed by atoms with Crippen LogP contribution in [0, 0.1) is 5.41 Å². The highest BCUT2D eigenvalue weighted by atomic mass is 14.3. The van der Waals surface area contributed by atoms with Crippen molar-refractivity contribution in [1.29, 1.82) is 0 Å². The SMILES string of the molecule is CC1=C(C=CC2=CCCCC2)C(C)(C)CCC1. The molecule has 0 fully saturated rings. The minimum atomic E-state index is 0.383. The molecule has 0 atom stereocenters. The first kappa shape index (κ1) is 12.7. The first-order valence-corrected chi connectivity index (χ1v) is 7.17. The quantitative estimate of drug-likeness (QED) is 0.581. The van der Waals surface area contributed by atoms with Crippen LogP contribution >= 0.6 is 0 Å². The molecule has 0 aromatic rings. The molecular weight excluding hydrogens is 204 g/mol. The van der Waals surface area contributed by atoms with E-state index in [4.69, 9.17) is 0 Å². The fraction of sp³-hybridized carbons (Fsp3) is 0.647. The van der Waals surface area contributed by atoms with Gasteiger partial charge in [0.1, 0.15) is 0 Å². The van der Waals surface area contributed by atoms with Crippen molar-refractivity contribution in [2.24, 2.45) is 5.41 Å². The number of allylic oxidation sites excluding steroid dienone is 6. The average molecular weight is 230 g/mol.